The van der Waals surface area contributed by atoms with E-state index in [4.69, 9.17) is 0 Å². The van der Waals surface area contributed by atoms with Crippen LogP contribution in [0.25, 0.3) is 38.6 Å². The van der Waals surface area contributed by atoms with E-state index in [-0.39, 0.29) is 11.3 Å². The third kappa shape index (κ3) is 4.66. The molecule has 1 atom stereocenters. The number of hydrogen-bond donors (Lipinski definition) is 0. The number of anilines is 1. The molecule has 0 saturated carbocycles. The molecule has 234 valence electrons. The number of hydrogen-bond acceptors (Lipinski definition) is 2. The van der Waals surface area contributed by atoms with Gasteiger partial charge in [-0.05, 0) is 114 Å². The quantitative estimate of drug-likeness (QED) is 0.190. The standard InChI is InChI=1S/C46H35N3/c1-46(2)42-14-8-6-12-38(42)39-26-25-37(29-43(39)46)48(35-21-16-31(30-47)17-22-35)36-23-18-32(19-24-36)33-20-27-45-41(28-33)40-13-7-9-15-44(40)49(45)34-10-4-3-5-11-34/h3-5,7-11,13-16,18,20-21,23-29,32H,17,19,22H2,1-2H3. The van der Waals surface area contributed by atoms with Crippen LogP contribution in [0.3, 0.4) is 0 Å². The Balaban J connectivity index is 1.09. The molecule has 3 nitrogen and oxygen atoms in total. The first-order valence-electron chi connectivity index (χ1n) is 17.2. The van der Waals surface area contributed by atoms with Gasteiger partial charge in [-0.15, -0.1) is 0 Å². The Hall–Kier alpha value is -6.03. The lowest BCUT2D eigenvalue weighted by Gasteiger charge is -2.33. The number of para-hydroxylation sites is 2. The lowest BCUT2D eigenvalue weighted by atomic mass is 9.82. The summed E-state index contributed by atoms with van der Waals surface area (Å²) in [5, 5.41) is 12.1. The first-order chi connectivity index (χ1) is 24.0. The maximum atomic E-state index is 9.56. The van der Waals surface area contributed by atoms with Crippen LogP contribution >= 0.6 is 0 Å². The highest BCUT2D eigenvalue weighted by Gasteiger charge is 2.36. The molecule has 49 heavy (non-hydrogen) atoms. The maximum Gasteiger partial charge on any atom is 0.0947 e. The Morgan fingerprint density at radius 2 is 1.67 bits per heavy atom. The normalized spacial score (nSPS) is 17.4. The van der Waals surface area contributed by atoms with E-state index in [1.165, 1.54) is 61.1 Å². The SMILES string of the molecule is CC1(C)c2ccc#cc2-c2ccc(N(C3=CCC(c4ccc5c(c4)c4ccccc4n5-c4ccccc4)C=C3)C3=CC=C(C#N)CC3)cc21. The van der Waals surface area contributed by atoms with Gasteiger partial charge in [0.05, 0.1) is 17.1 Å². The Labute approximate surface area is 288 Å². The molecular formula is C46H35N3. The van der Waals surface area contributed by atoms with Crippen molar-refractivity contribution in [2.24, 2.45) is 0 Å². The number of benzene rings is 4. The average Bonchev–Trinajstić information content (AvgIpc) is 3.61. The van der Waals surface area contributed by atoms with Gasteiger partial charge in [-0.25, -0.2) is 0 Å². The van der Waals surface area contributed by atoms with Crippen LogP contribution in [-0.4, -0.2) is 4.57 Å². The summed E-state index contributed by atoms with van der Waals surface area (Å²) in [5.41, 5.74) is 14.2. The summed E-state index contributed by atoms with van der Waals surface area (Å²) in [6.07, 6.45) is 13.7. The zero-order valence-corrected chi connectivity index (χ0v) is 27.7. The summed E-state index contributed by atoms with van der Waals surface area (Å²) >= 11 is 0. The third-order valence-electron chi connectivity index (χ3n) is 10.7. The van der Waals surface area contributed by atoms with E-state index in [1.807, 2.05) is 12.1 Å². The fourth-order valence-corrected chi connectivity index (χ4v) is 8.16. The lowest BCUT2D eigenvalue weighted by Crippen LogP contribution is -2.24. The fraction of sp³-hybridized carbons (Fsp3) is 0.152. The summed E-state index contributed by atoms with van der Waals surface area (Å²) in [6, 6.07) is 46.3. The van der Waals surface area contributed by atoms with E-state index >= 15 is 0 Å². The Morgan fingerprint density at radius 1 is 0.837 bits per heavy atom. The van der Waals surface area contributed by atoms with Crippen LogP contribution < -0.4 is 4.90 Å². The monoisotopic (exact) mass is 629 g/mol. The molecule has 3 aliphatic carbocycles. The highest BCUT2D eigenvalue weighted by molar-refractivity contribution is 6.09. The number of fused-ring (bicyclic) bond motifs is 6. The van der Waals surface area contributed by atoms with Gasteiger partial charge in [0.25, 0.3) is 0 Å². The van der Waals surface area contributed by atoms with Gasteiger partial charge in [-0.3, -0.25) is 0 Å². The van der Waals surface area contributed by atoms with Crippen molar-refractivity contribution in [1.82, 2.24) is 4.57 Å². The van der Waals surface area contributed by atoms with Gasteiger partial charge in [-0.2, -0.15) is 5.26 Å². The van der Waals surface area contributed by atoms with Crippen molar-refractivity contribution in [3.8, 4) is 22.9 Å². The molecule has 1 aromatic heterocycles. The first kappa shape index (κ1) is 29.1. The second-order valence-corrected chi connectivity index (χ2v) is 13.8. The summed E-state index contributed by atoms with van der Waals surface area (Å²) in [6.45, 7) is 4.61. The van der Waals surface area contributed by atoms with Crippen molar-refractivity contribution in [1.29, 1.82) is 5.26 Å². The fourth-order valence-electron chi connectivity index (χ4n) is 8.16. The molecule has 1 heterocycles. The summed E-state index contributed by atoms with van der Waals surface area (Å²) < 4.78 is 2.37. The van der Waals surface area contributed by atoms with Crippen LogP contribution in [0.2, 0.25) is 0 Å². The van der Waals surface area contributed by atoms with Gasteiger partial charge < -0.3 is 9.47 Å². The molecule has 0 N–H and O–H groups in total. The van der Waals surface area contributed by atoms with Crippen molar-refractivity contribution in [3.63, 3.8) is 0 Å². The number of nitriles is 1. The van der Waals surface area contributed by atoms with Gasteiger partial charge in [0.1, 0.15) is 0 Å². The molecule has 5 aromatic carbocycles. The van der Waals surface area contributed by atoms with E-state index in [2.05, 4.69) is 163 Å². The number of aromatic nitrogens is 1. The van der Waals surface area contributed by atoms with E-state index in [0.717, 1.165) is 36.1 Å². The molecule has 1 unspecified atom stereocenters. The van der Waals surface area contributed by atoms with E-state index < -0.39 is 0 Å². The summed E-state index contributed by atoms with van der Waals surface area (Å²) in [5.74, 6) is 0.277. The predicted molar refractivity (Wildman–Crippen MR) is 201 cm³/mol. The summed E-state index contributed by atoms with van der Waals surface area (Å²) in [4.78, 5) is 2.41. The molecule has 0 fully saturated rings. The van der Waals surface area contributed by atoms with Crippen LogP contribution in [0.4, 0.5) is 5.69 Å². The smallest absolute Gasteiger partial charge is 0.0947 e. The van der Waals surface area contributed by atoms with Crippen LogP contribution in [-0.2, 0) is 5.41 Å². The molecular weight excluding hydrogens is 595 g/mol. The lowest BCUT2D eigenvalue weighted by molar-refractivity contribution is 0.660. The van der Waals surface area contributed by atoms with Crippen molar-refractivity contribution in [2.45, 2.75) is 44.4 Å². The minimum absolute atomic E-state index is 0.128. The zero-order chi connectivity index (χ0) is 33.1. The molecule has 9 rings (SSSR count). The first-order valence-corrected chi connectivity index (χ1v) is 17.2. The largest absolute Gasteiger partial charge is 0.315 e. The molecule has 3 heteroatoms. The van der Waals surface area contributed by atoms with Crippen LogP contribution in [0.1, 0.15) is 55.7 Å². The average molecular weight is 630 g/mol. The molecule has 0 saturated heterocycles. The van der Waals surface area contributed by atoms with Gasteiger partial charge in [0.2, 0.25) is 0 Å². The number of rotatable bonds is 5. The highest BCUT2D eigenvalue weighted by atomic mass is 15.2. The van der Waals surface area contributed by atoms with E-state index in [0.29, 0.717) is 0 Å². The second kappa shape index (κ2) is 11.3. The van der Waals surface area contributed by atoms with Crippen molar-refractivity contribution in [3.05, 3.63) is 179 Å². The molecule has 6 aromatic rings. The third-order valence-corrected chi connectivity index (χ3v) is 10.7. The van der Waals surface area contributed by atoms with Crippen molar-refractivity contribution in [2.75, 3.05) is 4.90 Å². The van der Waals surface area contributed by atoms with Crippen LogP contribution in [0.15, 0.2) is 150 Å². The minimum atomic E-state index is -0.128. The Morgan fingerprint density at radius 3 is 2.47 bits per heavy atom. The second-order valence-electron chi connectivity index (χ2n) is 13.8. The van der Waals surface area contributed by atoms with Crippen LogP contribution in [0.5, 0.6) is 0 Å². The number of allylic oxidation sites excluding steroid dienone is 7. The van der Waals surface area contributed by atoms with Gasteiger partial charge >= 0.3 is 0 Å². The van der Waals surface area contributed by atoms with Gasteiger partial charge in [-0.1, -0.05) is 86.7 Å². The molecule has 3 aliphatic rings. The minimum Gasteiger partial charge on any atom is -0.315 e. The van der Waals surface area contributed by atoms with Crippen molar-refractivity contribution < 1.29 is 0 Å². The van der Waals surface area contributed by atoms with E-state index in [9.17, 15) is 5.26 Å². The van der Waals surface area contributed by atoms with Crippen molar-refractivity contribution >= 4 is 27.5 Å². The van der Waals surface area contributed by atoms with Crippen LogP contribution in [0, 0.1) is 23.5 Å². The molecule has 0 spiro atoms. The number of nitrogens with zero attached hydrogens (tertiary/aromatic N) is 3. The predicted octanol–water partition coefficient (Wildman–Crippen LogP) is 11.3. The summed E-state index contributed by atoms with van der Waals surface area (Å²) in [7, 11) is 0. The van der Waals surface area contributed by atoms with E-state index in [1.54, 1.807) is 0 Å². The Kier molecular flexibility index (Phi) is 6.72. The molecule has 0 bridgehead atoms. The zero-order valence-electron chi connectivity index (χ0n) is 27.7. The molecule has 0 aliphatic heterocycles. The topological polar surface area (TPSA) is 32.0 Å². The van der Waals surface area contributed by atoms with Gasteiger partial charge in [0, 0.05) is 56.0 Å². The van der Waals surface area contributed by atoms with Gasteiger partial charge in [0.15, 0.2) is 0 Å². The maximum absolute atomic E-state index is 9.56. The Bertz CT molecular complexity index is 2460. The molecule has 0 radical (unpaired) electrons. The highest BCUT2D eigenvalue weighted by Crippen LogP contribution is 2.49. The molecule has 0 amide bonds.